The SMILES string of the molecule is Cc1cc(NC(=O)NCCN2CCC(N(C)S(=O)(=O)c3ccccc3S(C)(=O)=O)C2)c2ccccc2n1. The van der Waals surface area contributed by atoms with Crippen molar-refractivity contribution in [3.8, 4) is 0 Å². The van der Waals surface area contributed by atoms with Gasteiger partial charge in [0.2, 0.25) is 10.0 Å². The summed E-state index contributed by atoms with van der Waals surface area (Å²) in [5, 5.41) is 6.60. The summed E-state index contributed by atoms with van der Waals surface area (Å²) >= 11 is 0. The third-order valence-electron chi connectivity index (χ3n) is 6.47. The summed E-state index contributed by atoms with van der Waals surface area (Å²) in [6.07, 6.45) is 1.60. The second-order valence-electron chi connectivity index (χ2n) is 9.19. The summed E-state index contributed by atoms with van der Waals surface area (Å²) in [6, 6.07) is 14.4. The smallest absolute Gasteiger partial charge is 0.319 e. The van der Waals surface area contributed by atoms with Crippen LogP contribution < -0.4 is 10.6 Å². The minimum Gasteiger partial charge on any atom is -0.337 e. The Morgan fingerprint density at radius 1 is 1.08 bits per heavy atom. The molecule has 198 valence electrons. The van der Waals surface area contributed by atoms with Crippen molar-refractivity contribution in [3.05, 3.63) is 60.3 Å². The number of aromatic nitrogens is 1. The largest absolute Gasteiger partial charge is 0.337 e. The molecule has 0 saturated carbocycles. The van der Waals surface area contributed by atoms with Crippen molar-refractivity contribution in [1.82, 2.24) is 19.5 Å². The molecule has 1 unspecified atom stereocenters. The summed E-state index contributed by atoms with van der Waals surface area (Å²) in [6.45, 7) is 3.95. The van der Waals surface area contributed by atoms with E-state index in [1.807, 2.05) is 37.3 Å². The molecule has 0 radical (unpaired) electrons. The molecule has 1 atom stereocenters. The fourth-order valence-corrected chi connectivity index (χ4v) is 7.52. The topological polar surface area (TPSA) is 129 Å². The number of nitrogens with zero attached hydrogens (tertiary/aromatic N) is 3. The highest BCUT2D eigenvalue weighted by molar-refractivity contribution is 7.93. The highest BCUT2D eigenvalue weighted by atomic mass is 32.2. The van der Waals surface area contributed by atoms with E-state index in [0.29, 0.717) is 38.3 Å². The molecule has 2 N–H and O–H groups in total. The number of hydrogen-bond acceptors (Lipinski definition) is 7. The number of likely N-dealkylation sites (N-methyl/N-ethyl adjacent to an activating group) is 1. The number of anilines is 1. The average Bonchev–Trinajstić information content (AvgIpc) is 3.31. The summed E-state index contributed by atoms with van der Waals surface area (Å²) < 4.78 is 52.0. The van der Waals surface area contributed by atoms with Gasteiger partial charge in [-0.25, -0.2) is 21.6 Å². The van der Waals surface area contributed by atoms with Crippen molar-refractivity contribution in [2.24, 2.45) is 0 Å². The zero-order valence-electron chi connectivity index (χ0n) is 21.0. The summed E-state index contributed by atoms with van der Waals surface area (Å²) in [5.74, 6) is 0. The Bertz CT molecular complexity index is 1530. The maximum absolute atomic E-state index is 13.3. The molecule has 2 amide bonds. The monoisotopic (exact) mass is 545 g/mol. The Labute approximate surface area is 217 Å². The van der Waals surface area contributed by atoms with Gasteiger partial charge in [0.15, 0.2) is 9.84 Å². The molecule has 10 nitrogen and oxygen atoms in total. The highest BCUT2D eigenvalue weighted by Gasteiger charge is 2.35. The quantitative estimate of drug-likeness (QED) is 0.445. The van der Waals surface area contributed by atoms with Crippen molar-refractivity contribution in [3.63, 3.8) is 0 Å². The normalized spacial score (nSPS) is 16.8. The Morgan fingerprint density at radius 2 is 1.76 bits per heavy atom. The highest BCUT2D eigenvalue weighted by Crippen LogP contribution is 2.27. The first-order valence-corrected chi connectivity index (χ1v) is 15.2. The average molecular weight is 546 g/mol. The van der Waals surface area contributed by atoms with Gasteiger partial charge in [0.25, 0.3) is 0 Å². The van der Waals surface area contributed by atoms with Crippen LogP contribution in [-0.4, -0.2) is 82.6 Å². The van der Waals surface area contributed by atoms with Gasteiger partial charge >= 0.3 is 6.03 Å². The first-order chi connectivity index (χ1) is 17.5. The number of fused-ring (bicyclic) bond motifs is 1. The van der Waals surface area contributed by atoms with Crippen LogP contribution in [-0.2, 0) is 19.9 Å². The van der Waals surface area contributed by atoms with Crippen molar-refractivity contribution >= 4 is 42.5 Å². The predicted molar refractivity (Wildman–Crippen MR) is 143 cm³/mol. The lowest BCUT2D eigenvalue weighted by molar-refractivity contribution is 0.248. The third-order valence-corrected chi connectivity index (χ3v) is 9.73. The van der Waals surface area contributed by atoms with Crippen LogP contribution in [0, 0.1) is 6.92 Å². The van der Waals surface area contributed by atoms with E-state index in [1.54, 1.807) is 0 Å². The number of carbonyl (C=O) groups excluding carboxylic acids is 1. The van der Waals surface area contributed by atoms with E-state index >= 15 is 0 Å². The molecule has 1 aliphatic rings. The molecule has 3 aromatic rings. The van der Waals surface area contributed by atoms with Gasteiger partial charge in [-0.3, -0.25) is 9.88 Å². The van der Waals surface area contributed by atoms with Gasteiger partial charge in [0.05, 0.1) is 16.1 Å². The van der Waals surface area contributed by atoms with Crippen molar-refractivity contribution in [2.75, 3.05) is 44.8 Å². The number of likely N-dealkylation sites (tertiary alicyclic amines) is 1. The van der Waals surface area contributed by atoms with Crippen LogP contribution in [0.5, 0.6) is 0 Å². The standard InChI is InChI=1S/C25H31N5O5S2/c1-18-16-22(20-8-4-5-9-21(20)27-18)28-25(31)26-13-15-30-14-12-19(17-30)29(2)37(34,35)24-11-7-6-10-23(24)36(3,32)33/h4-11,16,19H,12-15,17H2,1-3H3,(H2,26,27,28,31). The zero-order valence-corrected chi connectivity index (χ0v) is 22.6. The Morgan fingerprint density at radius 3 is 2.49 bits per heavy atom. The van der Waals surface area contributed by atoms with Crippen molar-refractivity contribution < 1.29 is 21.6 Å². The Hall–Kier alpha value is -3.06. The third kappa shape index (κ3) is 6.09. The first-order valence-electron chi connectivity index (χ1n) is 11.9. The minimum atomic E-state index is -4.01. The van der Waals surface area contributed by atoms with E-state index in [-0.39, 0.29) is 21.9 Å². The fraction of sp³-hybridized carbons (Fsp3) is 0.360. The first kappa shape index (κ1) is 27.0. The maximum atomic E-state index is 13.3. The Kier molecular flexibility index (Phi) is 7.83. The number of hydrogen-bond donors (Lipinski definition) is 2. The van der Waals surface area contributed by atoms with E-state index in [9.17, 15) is 21.6 Å². The van der Waals surface area contributed by atoms with Crippen LogP contribution in [0.4, 0.5) is 10.5 Å². The van der Waals surface area contributed by atoms with Gasteiger partial charge in [0.1, 0.15) is 4.90 Å². The number of aryl methyl sites for hydroxylation is 1. The fourth-order valence-electron chi connectivity index (χ4n) is 4.54. The van der Waals surface area contributed by atoms with Gasteiger partial charge in [-0.15, -0.1) is 0 Å². The molecule has 2 aromatic carbocycles. The van der Waals surface area contributed by atoms with Crippen molar-refractivity contribution in [2.45, 2.75) is 29.2 Å². The van der Waals surface area contributed by atoms with Gasteiger partial charge < -0.3 is 10.6 Å². The van der Waals surface area contributed by atoms with E-state index in [0.717, 1.165) is 22.9 Å². The van der Waals surface area contributed by atoms with E-state index in [4.69, 9.17) is 0 Å². The number of pyridine rings is 1. The number of nitrogens with one attached hydrogen (secondary N) is 2. The zero-order chi connectivity index (χ0) is 26.8. The van der Waals surface area contributed by atoms with Crippen LogP contribution in [0.1, 0.15) is 12.1 Å². The van der Waals surface area contributed by atoms with Gasteiger partial charge in [-0.2, -0.15) is 4.31 Å². The van der Waals surface area contributed by atoms with E-state index in [2.05, 4.69) is 20.5 Å². The number of carbonyl (C=O) groups is 1. The molecule has 4 rings (SSSR count). The summed E-state index contributed by atoms with van der Waals surface area (Å²) in [4.78, 5) is 18.7. The molecule has 2 heterocycles. The van der Waals surface area contributed by atoms with Crippen LogP contribution in [0.3, 0.4) is 0 Å². The summed E-state index contributed by atoms with van der Waals surface area (Å²) in [7, 11) is -6.23. The predicted octanol–water partition coefficient (Wildman–Crippen LogP) is 2.46. The van der Waals surface area contributed by atoms with E-state index < -0.39 is 19.9 Å². The molecular formula is C25H31N5O5S2. The lowest BCUT2D eigenvalue weighted by Gasteiger charge is -2.25. The van der Waals surface area contributed by atoms with Crippen LogP contribution in [0.25, 0.3) is 10.9 Å². The number of amides is 2. The van der Waals surface area contributed by atoms with Crippen LogP contribution in [0.2, 0.25) is 0 Å². The number of rotatable bonds is 8. The van der Waals surface area contributed by atoms with Crippen LogP contribution >= 0.6 is 0 Å². The molecule has 1 aliphatic heterocycles. The molecule has 37 heavy (non-hydrogen) atoms. The molecule has 0 spiro atoms. The molecular weight excluding hydrogens is 514 g/mol. The molecule has 0 bridgehead atoms. The molecule has 1 fully saturated rings. The lowest BCUT2D eigenvalue weighted by Crippen LogP contribution is -2.41. The summed E-state index contributed by atoms with van der Waals surface area (Å²) in [5.41, 5.74) is 2.29. The molecule has 1 saturated heterocycles. The number of sulfonamides is 1. The number of urea groups is 1. The van der Waals surface area contributed by atoms with Gasteiger partial charge in [-0.05, 0) is 44.2 Å². The Balaban J connectivity index is 1.33. The number of benzene rings is 2. The second kappa shape index (κ2) is 10.7. The maximum Gasteiger partial charge on any atom is 0.319 e. The lowest BCUT2D eigenvalue weighted by atomic mass is 10.1. The number of sulfone groups is 1. The minimum absolute atomic E-state index is 0.205. The molecule has 0 aliphatic carbocycles. The van der Waals surface area contributed by atoms with Gasteiger partial charge in [0, 0.05) is 50.1 Å². The van der Waals surface area contributed by atoms with Crippen molar-refractivity contribution in [1.29, 1.82) is 0 Å². The van der Waals surface area contributed by atoms with Crippen LogP contribution in [0.15, 0.2) is 64.4 Å². The molecule has 1 aromatic heterocycles. The van der Waals surface area contributed by atoms with Gasteiger partial charge in [-0.1, -0.05) is 30.3 Å². The number of para-hydroxylation sites is 1. The molecule has 12 heteroatoms. The second-order valence-corrected chi connectivity index (χ2v) is 13.1. The van der Waals surface area contributed by atoms with E-state index in [1.165, 1.54) is 35.6 Å².